The summed E-state index contributed by atoms with van der Waals surface area (Å²) in [5, 5.41) is 7.09. The molecule has 1 aliphatic rings. The molecule has 2 atom stereocenters. The highest BCUT2D eigenvalue weighted by Gasteiger charge is 2.34. The van der Waals surface area contributed by atoms with Crippen LogP contribution in [0.5, 0.6) is 0 Å². The van der Waals surface area contributed by atoms with Crippen LogP contribution in [0.4, 0.5) is 10.5 Å². The summed E-state index contributed by atoms with van der Waals surface area (Å²) < 4.78 is 0. The van der Waals surface area contributed by atoms with Crippen molar-refractivity contribution in [2.45, 2.75) is 25.6 Å². The van der Waals surface area contributed by atoms with Crippen molar-refractivity contribution in [2.75, 3.05) is 11.4 Å². The van der Waals surface area contributed by atoms with Gasteiger partial charge >= 0.3 is 6.03 Å². The third-order valence-corrected chi connectivity index (χ3v) is 6.11. The molecule has 5 amide bonds. The third-order valence-electron chi connectivity index (χ3n) is 6.11. The van der Waals surface area contributed by atoms with Gasteiger partial charge < -0.3 is 15.4 Å². The maximum Gasteiger partial charge on any atom is 0.323 e. The SMILES string of the molecule is CC(=O)C[C@@H](C=O)NC(=O)CN1C(=O)C(NC(=O)NC(=O)c2ccccc2)N=C(c2ccccc2)c2ccccc21. The molecule has 11 nitrogen and oxygen atoms in total. The lowest BCUT2D eigenvalue weighted by Gasteiger charge is -2.25. The summed E-state index contributed by atoms with van der Waals surface area (Å²) in [6.07, 6.45) is -1.26. The van der Waals surface area contributed by atoms with Gasteiger partial charge in [-0.15, -0.1) is 0 Å². The largest absolute Gasteiger partial charge is 0.345 e. The molecule has 3 aromatic rings. The number of nitrogens with zero attached hydrogens (tertiary/aromatic N) is 2. The van der Waals surface area contributed by atoms with Crippen LogP contribution >= 0.6 is 0 Å². The zero-order chi connectivity index (χ0) is 29.4. The van der Waals surface area contributed by atoms with Gasteiger partial charge in [0.1, 0.15) is 18.6 Å². The lowest BCUT2D eigenvalue weighted by molar-refractivity contribution is -0.126. The minimum Gasteiger partial charge on any atom is -0.345 e. The van der Waals surface area contributed by atoms with Gasteiger partial charge in [0.05, 0.1) is 17.4 Å². The lowest BCUT2D eigenvalue weighted by atomic mass is 10.0. The summed E-state index contributed by atoms with van der Waals surface area (Å²) >= 11 is 0. The molecule has 1 unspecified atom stereocenters. The molecule has 0 bridgehead atoms. The van der Waals surface area contributed by atoms with Crippen molar-refractivity contribution < 1.29 is 28.8 Å². The van der Waals surface area contributed by atoms with Crippen molar-refractivity contribution in [1.82, 2.24) is 16.0 Å². The number of para-hydroxylation sites is 1. The van der Waals surface area contributed by atoms with E-state index in [4.69, 9.17) is 0 Å². The quantitative estimate of drug-likeness (QED) is 0.345. The number of Topliss-reactive ketones (excluding diaryl/α,β-unsaturated/α-hetero) is 1. The summed E-state index contributed by atoms with van der Waals surface area (Å²) in [5.41, 5.74) is 2.12. The Morgan fingerprint density at radius 3 is 2.22 bits per heavy atom. The second-order valence-electron chi connectivity index (χ2n) is 9.20. The molecule has 0 saturated carbocycles. The van der Waals surface area contributed by atoms with E-state index in [1.807, 2.05) is 6.07 Å². The highest BCUT2D eigenvalue weighted by atomic mass is 16.2. The molecule has 3 N–H and O–H groups in total. The number of amides is 5. The van der Waals surface area contributed by atoms with Crippen LogP contribution in [0, 0.1) is 0 Å². The standard InChI is InChI=1S/C30H27N5O6/c1-19(37)16-22(18-36)31-25(38)17-35-24-15-9-8-14-23(24)26(20-10-4-2-5-11-20)32-27(29(35)40)33-30(41)34-28(39)21-12-6-3-7-13-21/h2-15,18,22,27H,16-17H2,1H3,(H,31,38)(H2,33,34,39,41)/t22-,27?/m0/s1. The first-order valence-electron chi connectivity index (χ1n) is 12.7. The first kappa shape index (κ1) is 28.6. The van der Waals surface area contributed by atoms with Crippen LogP contribution in [-0.4, -0.2) is 60.3 Å². The van der Waals surface area contributed by atoms with Gasteiger partial charge in [-0.05, 0) is 25.1 Å². The molecule has 3 aromatic carbocycles. The van der Waals surface area contributed by atoms with Crippen LogP contribution in [0.1, 0.15) is 34.8 Å². The summed E-state index contributed by atoms with van der Waals surface area (Å²) in [6.45, 7) is 0.766. The Morgan fingerprint density at radius 1 is 0.927 bits per heavy atom. The minimum atomic E-state index is -1.52. The second-order valence-corrected chi connectivity index (χ2v) is 9.20. The van der Waals surface area contributed by atoms with Gasteiger partial charge in [0, 0.05) is 23.1 Å². The van der Waals surface area contributed by atoms with E-state index in [0.717, 1.165) is 4.90 Å². The summed E-state index contributed by atoms with van der Waals surface area (Å²) in [5.74, 6) is -2.42. The fraction of sp³-hybridized carbons (Fsp3) is 0.167. The molecular weight excluding hydrogens is 526 g/mol. The number of nitrogens with one attached hydrogen (secondary N) is 3. The molecule has 208 valence electrons. The molecule has 0 radical (unpaired) electrons. The smallest absolute Gasteiger partial charge is 0.323 e. The maximum atomic E-state index is 13.8. The Morgan fingerprint density at radius 2 is 1.56 bits per heavy atom. The summed E-state index contributed by atoms with van der Waals surface area (Å²) in [7, 11) is 0. The van der Waals surface area contributed by atoms with Crippen LogP contribution in [-0.2, 0) is 19.2 Å². The van der Waals surface area contributed by atoms with Gasteiger partial charge in [0.25, 0.3) is 11.8 Å². The van der Waals surface area contributed by atoms with E-state index in [1.165, 1.54) is 19.1 Å². The fourth-order valence-electron chi connectivity index (χ4n) is 4.28. The lowest BCUT2D eigenvalue weighted by Crippen LogP contribution is -2.53. The zero-order valence-corrected chi connectivity index (χ0v) is 22.1. The molecule has 1 heterocycles. The number of imide groups is 1. The number of hydrogen-bond acceptors (Lipinski definition) is 7. The molecule has 0 aliphatic carbocycles. The summed E-state index contributed by atoms with van der Waals surface area (Å²) in [6, 6.07) is 21.8. The predicted octanol–water partition coefficient (Wildman–Crippen LogP) is 2.00. The van der Waals surface area contributed by atoms with E-state index < -0.39 is 42.5 Å². The fourth-order valence-corrected chi connectivity index (χ4v) is 4.28. The van der Waals surface area contributed by atoms with Crippen molar-refractivity contribution in [2.24, 2.45) is 4.99 Å². The molecule has 0 fully saturated rings. The van der Waals surface area contributed by atoms with Crippen LogP contribution in [0.25, 0.3) is 0 Å². The number of fused-ring (bicyclic) bond motifs is 1. The van der Waals surface area contributed by atoms with E-state index in [2.05, 4.69) is 20.9 Å². The number of benzene rings is 3. The zero-order valence-electron chi connectivity index (χ0n) is 22.1. The average molecular weight is 554 g/mol. The number of aldehydes is 1. The normalized spacial score (nSPS) is 15.0. The molecule has 0 saturated heterocycles. The van der Waals surface area contributed by atoms with E-state index in [1.54, 1.807) is 66.7 Å². The Balaban J connectivity index is 1.67. The van der Waals surface area contributed by atoms with Gasteiger partial charge in [0.2, 0.25) is 12.1 Å². The predicted molar refractivity (Wildman–Crippen MR) is 150 cm³/mol. The highest BCUT2D eigenvalue weighted by Crippen LogP contribution is 2.28. The third kappa shape index (κ3) is 7.15. The Hall–Kier alpha value is -5.45. The summed E-state index contributed by atoms with van der Waals surface area (Å²) in [4.78, 5) is 80.7. The van der Waals surface area contributed by atoms with E-state index in [9.17, 15) is 28.8 Å². The minimum absolute atomic E-state index is 0.194. The Kier molecular flexibility index (Phi) is 9.10. The number of carbonyl (C=O) groups excluding carboxylic acids is 6. The monoisotopic (exact) mass is 553 g/mol. The molecule has 1 aliphatic heterocycles. The molecule has 41 heavy (non-hydrogen) atoms. The Bertz CT molecular complexity index is 1510. The number of anilines is 1. The van der Waals surface area contributed by atoms with E-state index in [0.29, 0.717) is 28.8 Å². The van der Waals surface area contributed by atoms with Gasteiger partial charge in [-0.3, -0.25) is 29.4 Å². The number of benzodiazepines with no additional fused rings is 1. The van der Waals surface area contributed by atoms with Crippen LogP contribution < -0.4 is 20.9 Å². The molecule has 0 spiro atoms. The molecule has 4 rings (SSSR count). The van der Waals surface area contributed by atoms with E-state index >= 15 is 0 Å². The van der Waals surface area contributed by atoms with Crippen molar-refractivity contribution in [3.63, 3.8) is 0 Å². The van der Waals surface area contributed by atoms with Crippen LogP contribution in [0.2, 0.25) is 0 Å². The van der Waals surface area contributed by atoms with Crippen molar-refractivity contribution in [1.29, 1.82) is 0 Å². The van der Waals surface area contributed by atoms with Gasteiger partial charge in [0.15, 0.2) is 0 Å². The number of hydrogen-bond donors (Lipinski definition) is 3. The Labute approximate surface area is 235 Å². The average Bonchev–Trinajstić information content (AvgIpc) is 3.08. The first-order chi connectivity index (χ1) is 19.8. The number of urea groups is 1. The van der Waals surface area contributed by atoms with Crippen LogP contribution in [0.3, 0.4) is 0 Å². The van der Waals surface area contributed by atoms with Crippen LogP contribution in [0.15, 0.2) is 89.9 Å². The number of rotatable bonds is 9. The van der Waals surface area contributed by atoms with Gasteiger partial charge in [-0.25, -0.2) is 9.79 Å². The number of aliphatic imine (C=N–C) groups is 1. The van der Waals surface area contributed by atoms with Crippen molar-refractivity contribution in [3.05, 3.63) is 102 Å². The number of ketones is 1. The van der Waals surface area contributed by atoms with E-state index in [-0.39, 0.29) is 17.8 Å². The maximum absolute atomic E-state index is 13.8. The molecular formula is C30H27N5O6. The highest BCUT2D eigenvalue weighted by molar-refractivity contribution is 6.21. The first-order valence-corrected chi connectivity index (χ1v) is 12.7. The van der Waals surface area contributed by atoms with Gasteiger partial charge in [-0.2, -0.15) is 0 Å². The topological polar surface area (TPSA) is 154 Å². The second kappa shape index (κ2) is 13.1. The van der Waals surface area contributed by atoms with Crippen molar-refractivity contribution >= 4 is 47.2 Å². The molecule has 0 aromatic heterocycles. The van der Waals surface area contributed by atoms with Crippen molar-refractivity contribution in [3.8, 4) is 0 Å². The molecule has 11 heteroatoms. The van der Waals surface area contributed by atoms with Gasteiger partial charge in [-0.1, -0.05) is 66.7 Å². The number of carbonyl (C=O) groups is 6.